The van der Waals surface area contributed by atoms with Crippen molar-refractivity contribution in [1.82, 2.24) is 30.3 Å². The smallest absolute Gasteiger partial charge is 0.255 e. The van der Waals surface area contributed by atoms with Gasteiger partial charge in [0.2, 0.25) is 23.6 Å². The maximum Gasteiger partial charge on any atom is 0.255 e. The van der Waals surface area contributed by atoms with E-state index < -0.39 is 6.04 Å². The molecule has 3 fully saturated rings. The standard InChI is InChI=1S/C40H42ClN7O5/c41-30-7-12-38(42-21-30)53-31-8-5-28(19-31)33-20-35(46-45-33)43-37(50)17-24-1-3-25(4-2-24)22-47-15-13-26(14-16-47)27-6-9-32-29(18-27)23-48(40(32)52)34-10-11-36(49)44-39(34)51/h1-4,6-7,9,12,18,20-21,26,28,31,34H,5,8,10-11,13-17,19,22-23H2,(H,44,49,51)(H2,43,45,46,50)/t28-,31+,34?/m1/s1. The summed E-state index contributed by atoms with van der Waals surface area (Å²) in [7, 11) is 0. The average molecular weight is 736 g/mol. The number of nitrogens with zero attached hydrogens (tertiary/aromatic N) is 4. The number of amides is 4. The Balaban J connectivity index is 0.775. The number of anilines is 1. The number of carbonyl (C=O) groups excluding carboxylic acids is 4. The van der Waals surface area contributed by atoms with Gasteiger partial charge in [-0.15, -0.1) is 0 Å². The normalized spacial score (nSPS) is 22.2. The number of fused-ring (bicyclic) bond motifs is 1. The van der Waals surface area contributed by atoms with E-state index in [-0.39, 0.29) is 48.5 Å². The second-order valence-corrected chi connectivity index (χ2v) is 15.1. The number of halogens is 1. The van der Waals surface area contributed by atoms with E-state index in [2.05, 4.69) is 55.0 Å². The Bertz CT molecular complexity index is 2010. The van der Waals surface area contributed by atoms with Crippen LogP contribution in [0.15, 0.2) is 66.9 Å². The molecule has 4 aliphatic rings. The summed E-state index contributed by atoms with van der Waals surface area (Å²) in [5, 5.41) is 13.3. The van der Waals surface area contributed by atoms with E-state index in [1.807, 2.05) is 24.3 Å². The highest BCUT2D eigenvalue weighted by Crippen LogP contribution is 2.37. The average Bonchev–Trinajstić information content (AvgIpc) is 3.89. The predicted molar refractivity (Wildman–Crippen MR) is 197 cm³/mol. The van der Waals surface area contributed by atoms with Gasteiger partial charge in [-0.25, -0.2) is 4.98 Å². The van der Waals surface area contributed by atoms with Crippen molar-refractivity contribution in [3.05, 3.63) is 105 Å². The van der Waals surface area contributed by atoms with Crippen molar-refractivity contribution in [2.45, 2.75) is 88.4 Å². The maximum atomic E-state index is 13.1. The van der Waals surface area contributed by atoms with Gasteiger partial charge in [0.1, 0.15) is 12.1 Å². The van der Waals surface area contributed by atoms with E-state index in [1.54, 1.807) is 23.2 Å². The fraction of sp³-hybridized carbons (Fsp3) is 0.400. The third-order valence-corrected chi connectivity index (χ3v) is 11.3. The van der Waals surface area contributed by atoms with Gasteiger partial charge in [-0.2, -0.15) is 5.10 Å². The highest BCUT2D eigenvalue weighted by atomic mass is 35.5. The number of ether oxygens (including phenoxy) is 1. The molecule has 0 bridgehead atoms. The van der Waals surface area contributed by atoms with E-state index in [0.717, 1.165) is 68.6 Å². The Morgan fingerprint density at radius 3 is 2.51 bits per heavy atom. The number of aromatic nitrogens is 3. The van der Waals surface area contributed by atoms with Crippen molar-refractivity contribution in [3.8, 4) is 5.88 Å². The molecule has 1 aliphatic carbocycles. The van der Waals surface area contributed by atoms with Gasteiger partial charge in [0.05, 0.1) is 11.4 Å². The number of rotatable bonds is 10. The third-order valence-electron chi connectivity index (χ3n) is 11.1. The zero-order chi connectivity index (χ0) is 36.5. The van der Waals surface area contributed by atoms with Gasteiger partial charge in [-0.05, 0) is 91.9 Å². The van der Waals surface area contributed by atoms with E-state index in [9.17, 15) is 19.2 Å². The fourth-order valence-electron chi connectivity index (χ4n) is 8.21. The number of hydrogen-bond donors (Lipinski definition) is 3. The quantitative estimate of drug-likeness (QED) is 0.181. The van der Waals surface area contributed by atoms with Crippen LogP contribution in [0.3, 0.4) is 0 Å². The monoisotopic (exact) mass is 735 g/mol. The number of aromatic amines is 1. The van der Waals surface area contributed by atoms with Crippen molar-refractivity contribution < 1.29 is 23.9 Å². The van der Waals surface area contributed by atoms with Crippen molar-refractivity contribution in [2.75, 3.05) is 18.4 Å². The van der Waals surface area contributed by atoms with E-state index >= 15 is 0 Å². The van der Waals surface area contributed by atoms with E-state index in [0.29, 0.717) is 41.2 Å². The Kier molecular flexibility index (Phi) is 9.98. The maximum absolute atomic E-state index is 13.1. The summed E-state index contributed by atoms with van der Waals surface area (Å²) in [6, 6.07) is 19.2. The molecule has 1 unspecified atom stereocenters. The molecule has 0 spiro atoms. The molecule has 274 valence electrons. The van der Waals surface area contributed by atoms with Gasteiger partial charge in [0.15, 0.2) is 5.82 Å². The Hall–Kier alpha value is -5.07. The van der Waals surface area contributed by atoms with Crippen LogP contribution in [0.1, 0.15) is 95.1 Å². The second kappa shape index (κ2) is 15.1. The SMILES string of the molecule is O=C1CCC(N2Cc3cc(C4CCN(Cc5ccc(CC(=O)Nc6cc([C@@H]7CC[C@H](Oc8ccc(Cl)cn8)C7)[nH]n6)cc5)CC4)ccc3C2=O)C(=O)N1. The molecular formula is C40H42ClN7O5. The van der Waals surface area contributed by atoms with Crippen molar-refractivity contribution in [2.24, 2.45) is 0 Å². The van der Waals surface area contributed by atoms with E-state index in [1.165, 1.54) is 11.1 Å². The summed E-state index contributed by atoms with van der Waals surface area (Å²) < 4.78 is 6.03. The number of pyridine rings is 1. The summed E-state index contributed by atoms with van der Waals surface area (Å²) in [4.78, 5) is 58.3. The number of benzene rings is 2. The number of nitrogens with one attached hydrogen (secondary N) is 3. The summed E-state index contributed by atoms with van der Waals surface area (Å²) >= 11 is 5.93. The van der Waals surface area contributed by atoms with E-state index in [4.69, 9.17) is 16.3 Å². The Labute approximate surface area is 312 Å². The molecule has 3 N–H and O–H groups in total. The molecule has 4 aromatic rings. The zero-order valence-corrected chi connectivity index (χ0v) is 30.1. The molecule has 13 heteroatoms. The lowest BCUT2D eigenvalue weighted by molar-refractivity contribution is -0.137. The van der Waals surface area contributed by atoms with Crippen LogP contribution < -0.4 is 15.4 Å². The Morgan fingerprint density at radius 1 is 0.925 bits per heavy atom. The van der Waals surface area contributed by atoms with Crippen LogP contribution >= 0.6 is 11.6 Å². The number of H-pyrrole nitrogens is 1. The van der Waals surface area contributed by atoms with Gasteiger partial charge in [-0.1, -0.05) is 48.0 Å². The van der Waals surface area contributed by atoms with Gasteiger partial charge in [-0.3, -0.25) is 34.5 Å². The number of piperidine rings is 2. The lowest BCUT2D eigenvalue weighted by Gasteiger charge is -2.32. The van der Waals surface area contributed by atoms with Crippen molar-refractivity contribution in [3.63, 3.8) is 0 Å². The van der Waals surface area contributed by atoms with Crippen LogP contribution in [0, 0.1) is 0 Å². The molecule has 1 saturated carbocycles. The van der Waals surface area contributed by atoms with Crippen LogP contribution in [-0.2, 0) is 33.9 Å². The van der Waals surface area contributed by atoms with Crippen molar-refractivity contribution >= 4 is 41.0 Å². The summed E-state index contributed by atoms with van der Waals surface area (Å²) in [5.41, 5.74) is 5.99. The lowest BCUT2D eigenvalue weighted by Crippen LogP contribution is -2.52. The molecule has 2 aromatic heterocycles. The Morgan fingerprint density at radius 2 is 1.74 bits per heavy atom. The molecule has 2 saturated heterocycles. The van der Waals surface area contributed by atoms with Crippen LogP contribution in [0.2, 0.25) is 5.02 Å². The van der Waals surface area contributed by atoms with Crippen LogP contribution in [0.25, 0.3) is 0 Å². The predicted octanol–water partition coefficient (Wildman–Crippen LogP) is 5.50. The highest BCUT2D eigenvalue weighted by molar-refractivity contribution is 6.30. The summed E-state index contributed by atoms with van der Waals surface area (Å²) in [5.74, 6) is 0.863. The molecular weight excluding hydrogens is 694 g/mol. The fourth-order valence-corrected chi connectivity index (χ4v) is 8.32. The number of hydrogen-bond acceptors (Lipinski definition) is 8. The molecule has 3 atom stereocenters. The largest absolute Gasteiger partial charge is 0.474 e. The third kappa shape index (κ3) is 7.98. The first-order valence-electron chi connectivity index (χ1n) is 18.4. The first-order valence-corrected chi connectivity index (χ1v) is 18.8. The highest BCUT2D eigenvalue weighted by Gasteiger charge is 2.39. The van der Waals surface area contributed by atoms with Crippen LogP contribution in [0.5, 0.6) is 5.88 Å². The number of imide groups is 1. The van der Waals surface area contributed by atoms with Gasteiger partial charge in [0.25, 0.3) is 5.91 Å². The van der Waals surface area contributed by atoms with Gasteiger partial charge < -0.3 is 15.0 Å². The summed E-state index contributed by atoms with van der Waals surface area (Å²) in [6.07, 6.45) is 7.29. The minimum atomic E-state index is -0.598. The van der Waals surface area contributed by atoms with Crippen molar-refractivity contribution in [1.29, 1.82) is 0 Å². The first kappa shape index (κ1) is 35.0. The van der Waals surface area contributed by atoms with Crippen LogP contribution in [-0.4, -0.2) is 73.8 Å². The first-order chi connectivity index (χ1) is 25.7. The molecule has 8 rings (SSSR count). The van der Waals surface area contributed by atoms with Crippen LogP contribution in [0.4, 0.5) is 5.82 Å². The van der Waals surface area contributed by atoms with Gasteiger partial charge in [0, 0.05) is 55.0 Å². The molecule has 3 aliphatic heterocycles. The molecule has 5 heterocycles. The zero-order valence-electron chi connectivity index (χ0n) is 29.4. The minimum absolute atomic E-state index is 0.0669. The molecule has 12 nitrogen and oxygen atoms in total. The van der Waals surface area contributed by atoms with Gasteiger partial charge >= 0.3 is 0 Å². The second-order valence-electron chi connectivity index (χ2n) is 14.7. The topological polar surface area (TPSA) is 150 Å². The summed E-state index contributed by atoms with van der Waals surface area (Å²) in [6.45, 7) is 3.18. The molecule has 53 heavy (non-hydrogen) atoms. The molecule has 0 radical (unpaired) electrons. The number of carbonyl (C=O) groups is 4. The number of likely N-dealkylation sites (tertiary alicyclic amines) is 1. The lowest BCUT2D eigenvalue weighted by atomic mass is 9.87. The molecule has 4 amide bonds. The minimum Gasteiger partial charge on any atom is -0.474 e. The molecule has 2 aromatic carbocycles.